The van der Waals surface area contributed by atoms with Crippen molar-refractivity contribution in [2.24, 2.45) is 0 Å². The minimum Gasteiger partial charge on any atom is -0.493 e. The van der Waals surface area contributed by atoms with Gasteiger partial charge in [0, 0.05) is 5.56 Å². The molecule has 4 rings (SSSR count). The van der Waals surface area contributed by atoms with E-state index in [1.165, 1.54) is 32.4 Å². The normalized spacial score (nSPS) is 14.5. The Kier molecular flexibility index (Phi) is 7.21. The first-order valence-electron chi connectivity index (χ1n) is 10.4. The number of ether oxygens (including phenoxy) is 3. The summed E-state index contributed by atoms with van der Waals surface area (Å²) in [6.07, 6.45) is 1.57. The lowest BCUT2D eigenvalue weighted by Crippen LogP contribution is -2.27. The molecule has 2 amide bonds. The largest absolute Gasteiger partial charge is 0.493 e. The SMILES string of the molecule is COC(=O)c1ccc(CN2C(=O)S/C(=C/c3ccc(OCc4ccccc4F)c(OC)c3)C2=O)o1. The van der Waals surface area contributed by atoms with Crippen molar-refractivity contribution < 1.29 is 37.4 Å². The minimum absolute atomic E-state index is 0.0191. The van der Waals surface area contributed by atoms with Gasteiger partial charge in [0.1, 0.15) is 18.2 Å². The van der Waals surface area contributed by atoms with Gasteiger partial charge >= 0.3 is 5.97 Å². The van der Waals surface area contributed by atoms with E-state index in [9.17, 15) is 18.8 Å². The van der Waals surface area contributed by atoms with Crippen LogP contribution in [0.15, 0.2) is 63.9 Å². The van der Waals surface area contributed by atoms with Crippen molar-refractivity contribution in [3.8, 4) is 11.5 Å². The van der Waals surface area contributed by atoms with Crippen LogP contribution in [0.1, 0.15) is 27.4 Å². The van der Waals surface area contributed by atoms with Crippen molar-refractivity contribution in [1.82, 2.24) is 4.90 Å². The third-order valence-corrected chi connectivity index (χ3v) is 5.97. The second kappa shape index (κ2) is 10.5. The number of thioether (sulfide) groups is 1. The average Bonchev–Trinajstić information content (AvgIpc) is 3.44. The number of nitrogens with zero attached hydrogens (tertiary/aromatic N) is 1. The van der Waals surface area contributed by atoms with E-state index in [4.69, 9.17) is 13.9 Å². The highest BCUT2D eigenvalue weighted by Gasteiger charge is 2.35. The number of rotatable bonds is 8. The summed E-state index contributed by atoms with van der Waals surface area (Å²) in [5.74, 6) is -0.466. The Morgan fingerprint density at radius 3 is 2.63 bits per heavy atom. The van der Waals surface area contributed by atoms with Crippen LogP contribution < -0.4 is 9.47 Å². The molecule has 0 atom stereocenters. The van der Waals surface area contributed by atoms with E-state index in [1.807, 2.05) is 0 Å². The smallest absolute Gasteiger partial charge is 0.373 e. The molecular formula is C25H20FNO7S. The molecule has 3 aromatic rings. The zero-order valence-electron chi connectivity index (χ0n) is 18.8. The van der Waals surface area contributed by atoms with Crippen LogP contribution >= 0.6 is 11.8 Å². The molecule has 180 valence electrons. The molecule has 0 N–H and O–H groups in total. The molecule has 0 saturated carbocycles. The van der Waals surface area contributed by atoms with Crippen LogP contribution in [0.4, 0.5) is 9.18 Å². The van der Waals surface area contributed by atoms with Crippen molar-refractivity contribution in [2.75, 3.05) is 14.2 Å². The molecule has 0 bridgehead atoms. The molecule has 1 aliphatic rings. The molecule has 1 saturated heterocycles. The maximum absolute atomic E-state index is 13.8. The molecule has 10 heteroatoms. The molecule has 0 spiro atoms. The van der Waals surface area contributed by atoms with Gasteiger partial charge in [0.05, 0.1) is 25.7 Å². The fraction of sp³-hybridized carbons (Fsp3) is 0.160. The van der Waals surface area contributed by atoms with Crippen molar-refractivity contribution >= 4 is 35.0 Å². The molecule has 0 radical (unpaired) electrons. The van der Waals surface area contributed by atoms with Crippen LogP contribution in [0.2, 0.25) is 0 Å². The Morgan fingerprint density at radius 1 is 1.09 bits per heavy atom. The molecule has 1 aliphatic heterocycles. The molecule has 0 unspecified atom stereocenters. The highest BCUT2D eigenvalue weighted by atomic mass is 32.2. The van der Waals surface area contributed by atoms with Crippen molar-refractivity contribution in [3.63, 3.8) is 0 Å². The zero-order chi connectivity index (χ0) is 24.9. The Bertz CT molecular complexity index is 1320. The van der Waals surface area contributed by atoms with Gasteiger partial charge in [-0.15, -0.1) is 0 Å². The second-order valence-corrected chi connectivity index (χ2v) is 8.31. The van der Waals surface area contributed by atoms with E-state index in [1.54, 1.807) is 42.5 Å². The van der Waals surface area contributed by atoms with Crippen LogP contribution in [-0.2, 0) is 22.7 Å². The van der Waals surface area contributed by atoms with Crippen LogP contribution in [0.5, 0.6) is 11.5 Å². The molecule has 0 aliphatic carbocycles. The van der Waals surface area contributed by atoms with Gasteiger partial charge in [0.15, 0.2) is 11.5 Å². The monoisotopic (exact) mass is 497 g/mol. The van der Waals surface area contributed by atoms with Gasteiger partial charge in [-0.05, 0) is 53.7 Å². The summed E-state index contributed by atoms with van der Waals surface area (Å²) in [6, 6.07) is 14.2. The lowest BCUT2D eigenvalue weighted by atomic mass is 10.1. The van der Waals surface area contributed by atoms with Crippen LogP contribution in [-0.4, -0.2) is 36.2 Å². The summed E-state index contributed by atoms with van der Waals surface area (Å²) in [7, 11) is 2.69. The van der Waals surface area contributed by atoms with Gasteiger partial charge in [-0.2, -0.15) is 0 Å². The van der Waals surface area contributed by atoms with E-state index in [0.29, 0.717) is 22.6 Å². The molecular weight excluding hydrogens is 477 g/mol. The van der Waals surface area contributed by atoms with E-state index < -0.39 is 17.1 Å². The van der Waals surface area contributed by atoms with Gasteiger partial charge in [0.25, 0.3) is 11.1 Å². The highest BCUT2D eigenvalue weighted by molar-refractivity contribution is 8.18. The summed E-state index contributed by atoms with van der Waals surface area (Å²) < 4.78 is 34.9. The average molecular weight is 498 g/mol. The quantitative estimate of drug-likeness (QED) is 0.316. The Hall–Kier alpha value is -4.05. The van der Waals surface area contributed by atoms with Crippen LogP contribution in [0.25, 0.3) is 6.08 Å². The number of carbonyl (C=O) groups is 3. The summed E-state index contributed by atoms with van der Waals surface area (Å²) in [6.45, 7) is -0.100. The van der Waals surface area contributed by atoms with E-state index in [-0.39, 0.29) is 35.4 Å². The molecule has 2 aromatic carbocycles. The Morgan fingerprint density at radius 2 is 1.89 bits per heavy atom. The molecule has 8 nitrogen and oxygen atoms in total. The lowest BCUT2D eigenvalue weighted by Gasteiger charge is -2.12. The van der Waals surface area contributed by atoms with Crippen LogP contribution in [0.3, 0.4) is 0 Å². The number of amides is 2. The fourth-order valence-corrected chi connectivity index (χ4v) is 4.12. The fourth-order valence-electron chi connectivity index (χ4n) is 3.28. The summed E-state index contributed by atoms with van der Waals surface area (Å²) in [5.41, 5.74) is 1.01. The predicted molar refractivity (Wildman–Crippen MR) is 125 cm³/mol. The van der Waals surface area contributed by atoms with Gasteiger partial charge in [-0.3, -0.25) is 14.5 Å². The van der Waals surface area contributed by atoms with E-state index in [0.717, 1.165) is 16.7 Å². The second-order valence-electron chi connectivity index (χ2n) is 7.32. The molecule has 1 aromatic heterocycles. The number of halogens is 1. The molecule has 2 heterocycles. The Labute approximate surface area is 204 Å². The molecule has 35 heavy (non-hydrogen) atoms. The summed E-state index contributed by atoms with van der Waals surface area (Å²) in [5, 5.41) is -0.464. The third kappa shape index (κ3) is 5.38. The first-order valence-corrected chi connectivity index (χ1v) is 11.2. The van der Waals surface area contributed by atoms with E-state index in [2.05, 4.69) is 4.74 Å². The first kappa shape index (κ1) is 24.1. The van der Waals surface area contributed by atoms with Gasteiger partial charge in [-0.25, -0.2) is 9.18 Å². The van der Waals surface area contributed by atoms with Gasteiger partial charge in [0.2, 0.25) is 5.76 Å². The summed E-state index contributed by atoms with van der Waals surface area (Å²) >= 11 is 0.792. The van der Waals surface area contributed by atoms with E-state index >= 15 is 0 Å². The predicted octanol–water partition coefficient (Wildman–Crippen LogP) is 5.03. The minimum atomic E-state index is -0.652. The number of hydrogen-bond donors (Lipinski definition) is 0. The molecule has 1 fully saturated rings. The standard InChI is InChI=1S/C25H20FNO7S/c1-31-21-11-15(7-9-19(21)33-14-16-5-3-4-6-18(16)26)12-22-23(28)27(25(30)35-22)13-17-8-10-20(34-17)24(29)32-2/h3-12H,13-14H2,1-2H3/b22-12+. The van der Waals surface area contributed by atoms with Crippen molar-refractivity contribution in [3.05, 3.63) is 88.0 Å². The number of methoxy groups -OCH3 is 2. The van der Waals surface area contributed by atoms with Crippen molar-refractivity contribution in [1.29, 1.82) is 0 Å². The number of hydrogen-bond acceptors (Lipinski definition) is 8. The number of benzene rings is 2. The number of imide groups is 1. The van der Waals surface area contributed by atoms with Crippen LogP contribution in [0, 0.1) is 5.82 Å². The Balaban J connectivity index is 1.47. The van der Waals surface area contributed by atoms with Gasteiger partial charge < -0.3 is 18.6 Å². The first-order chi connectivity index (χ1) is 16.9. The van der Waals surface area contributed by atoms with Crippen molar-refractivity contribution in [2.45, 2.75) is 13.2 Å². The number of esters is 1. The zero-order valence-corrected chi connectivity index (χ0v) is 19.6. The lowest BCUT2D eigenvalue weighted by molar-refractivity contribution is -0.123. The maximum atomic E-state index is 13.8. The number of carbonyl (C=O) groups excluding carboxylic acids is 3. The third-order valence-electron chi connectivity index (χ3n) is 5.06. The number of furan rings is 1. The highest BCUT2D eigenvalue weighted by Crippen LogP contribution is 2.35. The maximum Gasteiger partial charge on any atom is 0.373 e. The topological polar surface area (TPSA) is 95.3 Å². The summed E-state index contributed by atoms with van der Waals surface area (Å²) in [4.78, 5) is 38.0. The van der Waals surface area contributed by atoms with Gasteiger partial charge in [-0.1, -0.05) is 24.3 Å².